The number of hydrogen-bond acceptors (Lipinski definition) is 3. The van der Waals surface area contributed by atoms with Crippen molar-refractivity contribution in [3.63, 3.8) is 0 Å². The van der Waals surface area contributed by atoms with E-state index >= 15 is 0 Å². The number of hydrogen-bond donors (Lipinski definition) is 0. The molecule has 30 heavy (non-hydrogen) atoms. The molecule has 0 unspecified atom stereocenters. The maximum Gasteiger partial charge on any atom is 0.338 e. The Bertz CT molecular complexity index is 1460. The zero-order chi connectivity index (χ0) is 20.7. The summed E-state index contributed by atoms with van der Waals surface area (Å²) in [6.45, 7) is 4.03. The van der Waals surface area contributed by atoms with Crippen LogP contribution in [0.1, 0.15) is 16.7 Å². The SMILES string of the molecule is C=C(C(=O)OCc1ccc2ccc3cccc4ccc1c2c34)c1ccc(C#N)cc1. The maximum atomic E-state index is 12.6. The van der Waals surface area contributed by atoms with Gasteiger partial charge < -0.3 is 4.74 Å². The van der Waals surface area contributed by atoms with Crippen LogP contribution < -0.4 is 0 Å². The van der Waals surface area contributed by atoms with Gasteiger partial charge in [-0.3, -0.25) is 0 Å². The fourth-order valence-electron chi connectivity index (χ4n) is 4.02. The van der Waals surface area contributed by atoms with Crippen molar-refractivity contribution >= 4 is 43.9 Å². The molecule has 142 valence electrons. The molecule has 5 rings (SSSR count). The quantitative estimate of drug-likeness (QED) is 0.209. The minimum absolute atomic E-state index is 0.169. The molecule has 0 atom stereocenters. The largest absolute Gasteiger partial charge is 0.457 e. The van der Waals surface area contributed by atoms with Crippen molar-refractivity contribution in [3.05, 3.63) is 102 Å². The second kappa shape index (κ2) is 7.02. The van der Waals surface area contributed by atoms with Gasteiger partial charge >= 0.3 is 5.97 Å². The number of carbonyl (C=O) groups excluding carboxylic acids is 1. The second-order valence-corrected chi connectivity index (χ2v) is 7.32. The molecular formula is C27H17NO2. The zero-order valence-corrected chi connectivity index (χ0v) is 16.2. The van der Waals surface area contributed by atoms with Gasteiger partial charge in [0.15, 0.2) is 0 Å². The Balaban J connectivity index is 1.46. The van der Waals surface area contributed by atoms with Gasteiger partial charge in [-0.1, -0.05) is 73.3 Å². The van der Waals surface area contributed by atoms with Crippen LogP contribution in [-0.2, 0) is 16.1 Å². The smallest absolute Gasteiger partial charge is 0.338 e. The molecule has 0 aliphatic heterocycles. The van der Waals surface area contributed by atoms with Crippen molar-refractivity contribution in [3.8, 4) is 6.07 Å². The molecule has 0 heterocycles. The summed E-state index contributed by atoms with van der Waals surface area (Å²) in [5.41, 5.74) is 2.42. The summed E-state index contributed by atoms with van der Waals surface area (Å²) < 4.78 is 5.59. The fourth-order valence-corrected chi connectivity index (χ4v) is 4.02. The minimum atomic E-state index is -0.467. The Kier molecular flexibility index (Phi) is 4.19. The van der Waals surface area contributed by atoms with Crippen molar-refractivity contribution in [2.75, 3.05) is 0 Å². The lowest BCUT2D eigenvalue weighted by atomic mass is 9.92. The Morgan fingerprint density at radius 2 is 1.47 bits per heavy atom. The molecule has 0 bridgehead atoms. The summed E-state index contributed by atoms with van der Waals surface area (Å²) in [5.74, 6) is -0.467. The molecule has 0 radical (unpaired) electrons. The lowest BCUT2D eigenvalue weighted by Gasteiger charge is -2.14. The molecule has 0 fully saturated rings. The molecular weight excluding hydrogens is 370 g/mol. The van der Waals surface area contributed by atoms with Gasteiger partial charge in [0, 0.05) is 0 Å². The molecule has 3 nitrogen and oxygen atoms in total. The summed E-state index contributed by atoms with van der Waals surface area (Å²) >= 11 is 0. The van der Waals surface area contributed by atoms with E-state index < -0.39 is 5.97 Å². The molecule has 0 amide bonds. The average molecular weight is 387 g/mol. The molecule has 0 saturated heterocycles. The highest BCUT2D eigenvalue weighted by atomic mass is 16.5. The van der Waals surface area contributed by atoms with Gasteiger partial charge in [0.1, 0.15) is 6.61 Å². The highest BCUT2D eigenvalue weighted by Gasteiger charge is 2.14. The first-order chi connectivity index (χ1) is 14.7. The van der Waals surface area contributed by atoms with Gasteiger partial charge in [-0.05, 0) is 55.6 Å². The third-order valence-corrected chi connectivity index (χ3v) is 5.59. The summed E-state index contributed by atoms with van der Waals surface area (Å²) in [4.78, 5) is 12.6. The van der Waals surface area contributed by atoms with E-state index in [1.165, 1.54) is 26.9 Å². The van der Waals surface area contributed by atoms with Crippen molar-refractivity contribution in [1.29, 1.82) is 5.26 Å². The van der Waals surface area contributed by atoms with Crippen LogP contribution in [0.25, 0.3) is 37.9 Å². The van der Waals surface area contributed by atoms with Crippen LogP contribution in [0.15, 0.2) is 85.4 Å². The van der Waals surface area contributed by atoms with Crippen LogP contribution in [0.2, 0.25) is 0 Å². The molecule has 0 spiro atoms. The summed E-state index contributed by atoms with van der Waals surface area (Å²) in [6.07, 6.45) is 0. The van der Waals surface area contributed by atoms with E-state index in [1.54, 1.807) is 24.3 Å². The van der Waals surface area contributed by atoms with E-state index in [-0.39, 0.29) is 12.2 Å². The molecule has 5 aromatic carbocycles. The van der Waals surface area contributed by atoms with Gasteiger partial charge in [0.25, 0.3) is 0 Å². The number of carbonyl (C=O) groups is 1. The van der Waals surface area contributed by atoms with Crippen molar-refractivity contribution in [2.45, 2.75) is 6.61 Å². The van der Waals surface area contributed by atoms with E-state index in [0.717, 1.165) is 10.9 Å². The maximum absolute atomic E-state index is 12.6. The first-order valence-electron chi connectivity index (χ1n) is 9.68. The summed E-state index contributed by atoms with van der Waals surface area (Å²) in [6, 6.07) is 27.7. The Labute approximate surface area is 173 Å². The lowest BCUT2D eigenvalue weighted by molar-refractivity contribution is -0.137. The van der Waals surface area contributed by atoms with Crippen LogP contribution in [0.4, 0.5) is 0 Å². The van der Waals surface area contributed by atoms with Gasteiger partial charge in [-0.2, -0.15) is 5.26 Å². The van der Waals surface area contributed by atoms with Crippen molar-refractivity contribution in [2.24, 2.45) is 0 Å². The first-order valence-corrected chi connectivity index (χ1v) is 9.68. The number of nitrogens with zero attached hydrogens (tertiary/aromatic N) is 1. The van der Waals surface area contributed by atoms with E-state index in [4.69, 9.17) is 10.00 Å². The van der Waals surface area contributed by atoms with E-state index in [9.17, 15) is 4.79 Å². The molecule has 3 heteroatoms. The highest BCUT2D eigenvalue weighted by molar-refractivity contribution is 6.23. The summed E-state index contributed by atoms with van der Waals surface area (Å²) in [5, 5.41) is 16.0. The van der Waals surface area contributed by atoms with Crippen LogP contribution in [-0.4, -0.2) is 5.97 Å². The van der Waals surface area contributed by atoms with Gasteiger partial charge in [0.2, 0.25) is 0 Å². The predicted octanol–water partition coefficient (Wildman–Crippen LogP) is 6.21. The zero-order valence-electron chi connectivity index (χ0n) is 16.2. The van der Waals surface area contributed by atoms with Crippen LogP contribution in [0.3, 0.4) is 0 Å². The molecule has 0 aliphatic carbocycles. The Morgan fingerprint density at radius 3 is 2.17 bits per heavy atom. The van der Waals surface area contributed by atoms with Gasteiger partial charge in [-0.25, -0.2) is 4.79 Å². The predicted molar refractivity (Wildman–Crippen MR) is 120 cm³/mol. The third kappa shape index (κ3) is 2.87. The summed E-state index contributed by atoms with van der Waals surface area (Å²) in [7, 11) is 0. The number of ether oxygens (including phenoxy) is 1. The second-order valence-electron chi connectivity index (χ2n) is 7.32. The van der Waals surface area contributed by atoms with Gasteiger partial charge in [0.05, 0.1) is 17.2 Å². The Hall–Kier alpha value is -4.16. The number of esters is 1. The Morgan fingerprint density at radius 1 is 0.833 bits per heavy atom. The number of nitriles is 1. The van der Waals surface area contributed by atoms with Crippen LogP contribution in [0, 0.1) is 11.3 Å². The van der Waals surface area contributed by atoms with Crippen LogP contribution >= 0.6 is 0 Å². The monoisotopic (exact) mass is 387 g/mol. The lowest BCUT2D eigenvalue weighted by Crippen LogP contribution is -2.07. The fraction of sp³-hybridized carbons (Fsp3) is 0.0370. The standard InChI is InChI=1S/C27H17NO2/c1-17(19-7-5-18(15-28)6-8-19)27(29)30-16-23-12-11-22-10-9-20-3-2-4-21-13-14-24(23)26(22)25(20)21/h2-14H,1,16H2. The van der Waals surface area contributed by atoms with E-state index in [0.29, 0.717) is 11.1 Å². The molecule has 0 saturated carbocycles. The highest BCUT2D eigenvalue weighted by Crippen LogP contribution is 2.36. The third-order valence-electron chi connectivity index (χ3n) is 5.59. The first kappa shape index (κ1) is 17.9. The topological polar surface area (TPSA) is 50.1 Å². The minimum Gasteiger partial charge on any atom is -0.457 e. The average Bonchev–Trinajstić information content (AvgIpc) is 2.81. The van der Waals surface area contributed by atoms with E-state index in [2.05, 4.69) is 61.2 Å². The van der Waals surface area contributed by atoms with Crippen molar-refractivity contribution < 1.29 is 9.53 Å². The molecule has 5 aromatic rings. The molecule has 0 N–H and O–H groups in total. The molecule has 0 aliphatic rings. The molecule has 0 aromatic heterocycles. The van der Waals surface area contributed by atoms with Gasteiger partial charge in [-0.15, -0.1) is 0 Å². The van der Waals surface area contributed by atoms with E-state index in [1.807, 2.05) is 6.07 Å². The number of benzene rings is 5. The van der Waals surface area contributed by atoms with Crippen molar-refractivity contribution in [1.82, 2.24) is 0 Å². The number of rotatable bonds is 4. The normalized spacial score (nSPS) is 11.0. The van der Waals surface area contributed by atoms with Crippen LogP contribution in [0.5, 0.6) is 0 Å².